The summed E-state index contributed by atoms with van der Waals surface area (Å²) in [6.45, 7) is 7.18. The maximum absolute atomic E-state index is 6.30. The first-order chi connectivity index (χ1) is 10.2. The van der Waals surface area contributed by atoms with Crippen LogP contribution in [-0.2, 0) is 0 Å². The van der Waals surface area contributed by atoms with Crippen molar-refractivity contribution in [1.82, 2.24) is 9.80 Å². The van der Waals surface area contributed by atoms with E-state index in [9.17, 15) is 0 Å². The van der Waals surface area contributed by atoms with E-state index in [0.29, 0.717) is 6.04 Å². The summed E-state index contributed by atoms with van der Waals surface area (Å²) in [4.78, 5) is 5.16. The Bertz CT molecular complexity index is 393. The number of nitrogens with two attached hydrogens (primary N) is 1. The van der Waals surface area contributed by atoms with Gasteiger partial charge < -0.3 is 10.6 Å². The van der Waals surface area contributed by atoms with Gasteiger partial charge in [0.25, 0.3) is 0 Å². The molecule has 0 saturated carbocycles. The lowest BCUT2D eigenvalue weighted by Gasteiger charge is -2.30. The molecule has 1 aromatic rings. The fraction of sp³-hybridized carbons (Fsp3) is 0.667. The molecule has 0 bridgehead atoms. The van der Waals surface area contributed by atoms with Crippen molar-refractivity contribution in [2.75, 3.05) is 33.2 Å². The summed E-state index contributed by atoms with van der Waals surface area (Å²) in [6, 6.07) is 11.4. The van der Waals surface area contributed by atoms with Crippen LogP contribution in [0.2, 0.25) is 0 Å². The van der Waals surface area contributed by atoms with Crippen molar-refractivity contribution in [2.24, 2.45) is 5.73 Å². The standard InChI is InChI=1S/C18H31N3/c1-3-17-15-20(2)12-8-14-21(17)13-7-11-18(19)16-9-5-4-6-10-16/h4-6,9-10,17-18H,3,7-8,11-15,19H2,1-2H3. The lowest BCUT2D eigenvalue weighted by atomic mass is 10.0. The van der Waals surface area contributed by atoms with Crippen molar-refractivity contribution in [2.45, 2.75) is 44.7 Å². The van der Waals surface area contributed by atoms with Gasteiger partial charge in [0.2, 0.25) is 0 Å². The third kappa shape index (κ3) is 5.10. The van der Waals surface area contributed by atoms with Gasteiger partial charge in [-0.15, -0.1) is 0 Å². The highest BCUT2D eigenvalue weighted by Gasteiger charge is 2.21. The Hall–Kier alpha value is -0.900. The van der Waals surface area contributed by atoms with Gasteiger partial charge >= 0.3 is 0 Å². The Labute approximate surface area is 130 Å². The van der Waals surface area contributed by atoms with Crippen LogP contribution < -0.4 is 5.73 Å². The SMILES string of the molecule is CCC1CN(C)CCCN1CCCC(N)c1ccccc1. The van der Waals surface area contributed by atoms with Gasteiger partial charge in [-0.25, -0.2) is 0 Å². The Morgan fingerprint density at radius 3 is 2.71 bits per heavy atom. The molecule has 2 rings (SSSR count). The summed E-state index contributed by atoms with van der Waals surface area (Å²) >= 11 is 0. The van der Waals surface area contributed by atoms with Gasteiger partial charge in [0.05, 0.1) is 0 Å². The van der Waals surface area contributed by atoms with Crippen LogP contribution in [0.25, 0.3) is 0 Å². The predicted molar refractivity (Wildman–Crippen MR) is 90.4 cm³/mol. The van der Waals surface area contributed by atoms with E-state index >= 15 is 0 Å². The average Bonchev–Trinajstić information content (AvgIpc) is 2.69. The van der Waals surface area contributed by atoms with Crippen LogP contribution in [0.5, 0.6) is 0 Å². The van der Waals surface area contributed by atoms with Crippen LogP contribution in [0.3, 0.4) is 0 Å². The maximum atomic E-state index is 6.30. The van der Waals surface area contributed by atoms with Crippen molar-refractivity contribution in [1.29, 1.82) is 0 Å². The van der Waals surface area contributed by atoms with Crippen molar-refractivity contribution in [3.63, 3.8) is 0 Å². The van der Waals surface area contributed by atoms with Gasteiger partial charge in [-0.3, -0.25) is 4.90 Å². The molecular formula is C18H31N3. The molecule has 1 aliphatic rings. The van der Waals surface area contributed by atoms with Crippen molar-refractivity contribution >= 4 is 0 Å². The topological polar surface area (TPSA) is 32.5 Å². The lowest BCUT2D eigenvalue weighted by Crippen LogP contribution is -2.40. The molecule has 2 atom stereocenters. The van der Waals surface area contributed by atoms with Gasteiger partial charge in [0.1, 0.15) is 0 Å². The second kappa shape index (κ2) is 8.52. The van der Waals surface area contributed by atoms with Gasteiger partial charge in [-0.2, -0.15) is 0 Å². The van der Waals surface area contributed by atoms with E-state index in [2.05, 4.69) is 54.1 Å². The third-order valence-corrected chi connectivity index (χ3v) is 4.68. The minimum atomic E-state index is 0.181. The number of nitrogens with zero attached hydrogens (tertiary/aromatic N) is 2. The second-order valence-corrected chi connectivity index (χ2v) is 6.37. The molecule has 1 aliphatic heterocycles. The lowest BCUT2D eigenvalue weighted by molar-refractivity contribution is 0.179. The van der Waals surface area contributed by atoms with Crippen LogP contribution in [0.15, 0.2) is 30.3 Å². The van der Waals surface area contributed by atoms with Crippen LogP contribution in [-0.4, -0.2) is 49.1 Å². The quantitative estimate of drug-likeness (QED) is 0.874. The number of hydrogen-bond acceptors (Lipinski definition) is 3. The minimum Gasteiger partial charge on any atom is -0.324 e. The Morgan fingerprint density at radius 1 is 1.24 bits per heavy atom. The van der Waals surface area contributed by atoms with Crippen molar-refractivity contribution < 1.29 is 0 Å². The summed E-state index contributed by atoms with van der Waals surface area (Å²) in [5.74, 6) is 0. The Morgan fingerprint density at radius 2 is 2.00 bits per heavy atom. The summed E-state index contributed by atoms with van der Waals surface area (Å²) in [6.07, 6.45) is 4.80. The van der Waals surface area contributed by atoms with Crippen LogP contribution in [0, 0.1) is 0 Å². The number of likely N-dealkylation sites (N-methyl/N-ethyl adjacent to an activating group) is 1. The van der Waals surface area contributed by atoms with Gasteiger partial charge in [-0.1, -0.05) is 37.3 Å². The van der Waals surface area contributed by atoms with Gasteiger partial charge in [0.15, 0.2) is 0 Å². The first kappa shape index (κ1) is 16.5. The largest absolute Gasteiger partial charge is 0.324 e. The van der Waals surface area contributed by atoms with E-state index < -0.39 is 0 Å². The van der Waals surface area contributed by atoms with E-state index in [-0.39, 0.29) is 6.04 Å². The van der Waals surface area contributed by atoms with E-state index in [1.54, 1.807) is 0 Å². The smallest absolute Gasteiger partial charge is 0.0295 e. The monoisotopic (exact) mass is 289 g/mol. The molecule has 118 valence electrons. The number of benzene rings is 1. The highest BCUT2D eigenvalue weighted by molar-refractivity contribution is 5.18. The predicted octanol–water partition coefficient (Wildman–Crippen LogP) is 2.88. The van der Waals surface area contributed by atoms with Crippen LogP contribution in [0.1, 0.15) is 44.2 Å². The van der Waals surface area contributed by atoms with Gasteiger partial charge in [0, 0.05) is 18.6 Å². The molecule has 0 aromatic heterocycles. The first-order valence-corrected chi connectivity index (χ1v) is 8.43. The molecule has 0 spiro atoms. The highest BCUT2D eigenvalue weighted by atomic mass is 15.2. The van der Waals surface area contributed by atoms with Crippen molar-refractivity contribution in [3.8, 4) is 0 Å². The van der Waals surface area contributed by atoms with Gasteiger partial charge in [-0.05, 0) is 57.9 Å². The molecule has 0 radical (unpaired) electrons. The summed E-state index contributed by atoms with van der Waals surface area (Å²) in [5.41, 5.74) is 7.57. The second-order valence-electron chi connectivity index (χ2n) is 6.37. The molecule has 0 aliphatic carbocycles. The molecule has 1 fully saturated rings. The van der Waals surface area contributed by atoms with Crippen LogP contribution >= 0.6 is 0 Å². The Kier molecular flexibility index (Phi) is 6.68. The third-order valence-electron chi connectivity index (χ3n) is 4.68. The molecule has 0 amide bonds. The molecule has 1 heterocycles. The molecule has 21 heavy (non-hydrogen) atoms. The number of hydrogen-bond donors (Lipinski definition) is 1. The fourth-order valence-electron chi connectivity index (χ4n) is 3.36. The first-order valence-electron chi connectivity index (χ1n) is 8.43. The molecule has 3 heteroatoms. The zero-order chi connectivity index (χ0) is 15.1. The molecular weight excluding hydrogens is 258 g/mol. The molecule has 3 nitrogen and oxygen atoms in total. The highest BCUT2D eigenvalue weighted by Crippen LogP contribution is 2.17. The van der Waals surface area contributed by atoms with E-state index in [1.807, 2.05) is 0 Å². The summed E-state index contributed by atoms with van der Waals surface area (Å²) in [7, 11) is 2.25. The average molecular weight is 289 g/mol. The summed E-state index contributed by atoms with van der Waals surface area (Å²) in [5, 5.41) is 0. The molecule has 1 aromatic carbocycles. The zero-order valence-electron chi connectivity index (χ0n) is 13.7. The molecule has 2 N–H and O–H groups in total. The van der Waals surface area contributed by atoms with Crippen molar-refractivity contribution in [3.05, 3.63) is 35.9 Å². The van der Waals surface area contributed by atoms with E-state index in [4.69, 9.17) is 5.73 Å². The maximum Gasteiger partial charge on any atom is 0.0295 e. The van der Waals surface area contributed by atoms with E-state index in [0.717, 1.165) is 6.42 Å². The molecule has 1 saturated heterocycles. The van der Waals surface area contributed by atoms with E-state index in [1.165, 1.54) is 51.0 Å². The minimum absolute atomic E-state index is 0.181. The number of rotatable bonds is 6. The summed E-state index contributed by atoms with van der Waals surface area (Å²) < 4.78 is 0. The Balaban J connectivity index is 1.79. The fourth-order valence-corrected chi connectivity index (χ4v) is 3.36. The molecule has 2 unspecified atom stereocenters. The normalized spacial score (nSPS) is 22.9. The zero-order valence-corrected chi connectivity index (χ0v) is 13.7. The van der Waals surface area contributed by atoms with Crippen LogP contribution in [0.4, 0.5) is 0 Å².